The van der Waals surface area contributed by atoms with Crippen LogP contribution in [-0.2, 0) is 6.54 Å². The summed E-state index contributed by atoms with van der Waals surface area (Å²) in [7, 11) is 2.20. The van der Waals surface area contributed by atoms with E-state index in [0.29, 0.717) is 0 Å². The Morgan fingerprint density at radius 1 is 0.875 bits per heavy atom. The van der Waals surface area contributed by atoms with Crippen molar-refractivity contribution in [3.63, 3.8) is 0 Å². The first-order valence-electron chi connectivity index (χ1n) is 8.67. The van der Waals surface area contributed by atoms with Crippen LogP contribution in [0.4, 0.5) is 0 Å². The molecule has 1 heterocycles. The fourth-order valence-electron chi connectivity index (χ4n) is 3.00. The van der Waals surface area contributed by atoms with Gasteiger partial charge in [0, 0.05) is 50.8 Å². The van der Waals surface area contributed by atoms with Crippen LogP contribution in [0.15, 0.2) is 48.5 Å². The number of likely N-dealkylation sites (N-methyl/N-ethyl adjacent to an activating group) is 1. The zero-order valence-corrected chi connectivity index (χ0v) is 15.1. The number of nitrogens with one attached hydrogen (secondary N) is 1. The van der Waals surface area contributed by atoms with Crippen molar-refractivity contribution >= 4 is 11.6 Å². The van der Waals surface area contributed by atoms with Crippen LogP contribution < -0.4 is 5.32 Å². The molecule has 4 heteroatoms. The van der Waals surface area contributed by atoms with Crippen LogP contribution in [0.25, 0.3) is 11.1 Å². The van der Waals surface area contributed by atoms with Crippen molar-refractivity contribution in [2.45, 2.75) is 6.54 Å². The molecule has 2 aromatic carbocycles. The van der Waals surface area contributed by atoms with Crippen LogP contribution >= 0.6 is 11.6 Å². The smallest absolute Gasteiger partial charge is 0.0406 e. The average molecular weight is 344 g/mol. The Bertz CT molecular complexity index is 616. The molecule has 0 bridgehead atoms. The summed E-state index contributed by atoms with van der Waals surface area (Å²) in [5.41, 5.74) is 3.76. The molecule has 2 aromatic rings. The van der Waals surface area contributed by atoms with Gasteiger partial charge in [-0.2, -0.15) is 0 Å². The van der Waals surface area contributed by atoms with E-state index in [4.69, 9.17) is 11.6 Å². The number of halogens is 1. The zero-order valence-electron chi connectivity index (χ0n) is 14.3. The van der Waals surface area contributed by atoms with Gasteiger partial charge in [-0.05, 0) is 35.9 Å². The first-order valence-corrected chi connectivity index (χ1v) is 9.05. The molecular weight excluding hydrogens is 318 g/mol. The molecule has 1 fully saturated rings. The van der Waals surface area contributed by atoms with E-state index in [1.54, 1.807) is 0 Å². The monoisotopic (exact) mass is 343 g/mol. The van der Waals surface area contributed by atoms with E-state index in [9.17, 15) is 0 Å². The Kier molecular flexibility index (Phi) is 6.27. The van der Waals surface area contributed by atoms with E-state index in [1.807, 2.05) is 12.1 Å². The molecule has 0 aromatic heterocycles. The highest BCUT2D eigenvalue weighted by atomic mass is 35.5. The van der Waals surface area contributed by atoms with Crippen molar-refractivity contribution in [2.24, 2.45) is 0 Å². The second-order valence-electron chi connectivity index (χ2n) is 6.53. The Labute approximate surface area is 150 Å². The lowest BCUT2D eigenvalue weighted by Gasteiger charge is -2.32. The predicted octanol–water partition coefficient (Wildman–Crippen LogP) is 3.34. The number of hydrogen-bond acceptors (Lipinski definition) is 3. The van der Waals surface area contributed by atoms with Crippen molar-refractivity contribution in [1.82, 2.24) is 15.1 Å². The number of nitrogens with zero attached hydrogens (tertiary/aromatic N) is 2. The second kappa shape index (κ2) is 8.63. The minimum atomic E-state index is 0.778. The lowest BCUT2D eigenvalue weighted by Crippen LogP contribution is -2.46. The Balaban J connectivity index is 1.42. The largest absolute Gasteiger partial charge is 0.311 e. The SMILES string of the molecule is CN1CCN(CCNCc2ccc(-c3ccc(Cl)cc3)cc2)CC1. The summed E-state index contributed by atoms with van der Waals surface area (Å²) in [5, 5.41) is 4.33. The molecule has 1 aliphatic heterocycles. The molecule has 3 rings (SSSR count). The van der Waals surface area contributed by atoms with E-state index in [2.05, 4.69) is 58.6 Å². The van der Waals surface area contributed by atoms with E-state index in [-0.39, 0.29) is 0 Å². The molecule has 0 aliphatic carbocycles. The summed E-state index contributed by atoms with van der Waals surface area (Å²) >= 11 is 5.94. The van der Waals surface area contributed by atoms with E-state index in [0.717, 1.165) is 24.7 Å². The third kappa shape index (κ3) is 5.05. The van der Waals surface area contributed by atoms with Crippen LogP contribution in [-0.4, -0.2) is 56.1 Å². The fraction of sp³-hybridized carbons (Fsp3) is 0.400. The Morgan fingerprint density at radius 2 is 1.46 bits per heavy atom. The van der Waals surface area contributed by atoms with Crippen LogP contribution in [0.2, 0.25) is 5.02 Å². The van der Waals surface area contributed by atoms with Crippen molar-refractivity contribution in [1.29, 1.82) is 0 Å². The van der Waals surface area contributed by atoms with Gasteiger partial charge in [-0.25, -0.2) is 0 Å². The maximum absolute atomic E-state index is 5.94. The standard InChI is InChI=1S/C20H26ClN3/c1-23-12-14-24(15-13-23)11-10-22-16-17-2-4-18(5-3-17)19-6-8-20(21)9-7-19/h2-9,22H,10-16H2,1H3. The Morgan fingerprint density at radius 3 is 2.08 bits per heavy atom. The van der Waals surface area contributed by atoms with E-state index < -0.39 is 0 Å². The molecule has 0 atom stereocenters. The molecule has 128 valence electrons. The maximum atomic E-state index is 5.94. The Hall–Kier alpha value is -1.39. The number of benzene rings is 2. The summed E-state index contributed by atoms with van der Waals surface area (Å²) < 4.78 is 0. The van der Waals surface area contributed by atoms with Crippen molar-refractivity contribution in [3.05, 3.63) is 59.1 Å². The molecule has 1 saturated heterocycles. The molecular formula is C20H26ClN3. The molecule has 1 N–H and O–H groups in total. The predicted molar refractivity (Wildman–Crippen MR) is 103 cm³/mol. The lowest BCUT2D eigenvalue weighted by molar-refractivity contribution is 0.154. The average Bonchev–Trinajstić information content (AvgIpc) is 2.62. The molecule has 0 radical (unpaired) electrons. The highest BCUT2D eigenvalue weighted by molar-refractivity contribution is 6.30. The highest BCUT2D eigenvalue weighted by Gasteiger charge is 2.12. The number of rotatable bonds is 6. The van der Waals surface area contributed by atoms with Crippen molar-refractivity contribution in [2.75, 3.05) is 46.3 Å². The third-order valence-corrected chi connectivity index (χ3v) is 4.91. The van der Waals surface area contributed by atoms with Gasteiger partial charge < -0.3 is 10.2 Å². The van der Waals surface area contributed by atoms with Gasteiger partial charge in [-0.15, -0.1) is 0 Å². The van der Waals surface area contributed by atoms with Gasteiger partial charge in [0.25, 0.3) is 0 Å². The first kappa shape index (κ1) is 17.4. The lowest BCUT2D eigenvalue weighted by atomic mass is 10.0. The summed E-state index contributed by atoms with van der Waals surface area (Å²) in [6.45, 7) is 7.86. The number of hydrogen-bond donors (Lipinski definition) is 1. The zero-order chi connectivity index (χ0) is 16.8. The minimum Gasteiger partial charge on any atom is -0.311 e. The van der Waals surface area contributed by atoms with E-state index >= 15 is 0 Å². The van der Waals surface area contributed by atoms with Crippen LogP contribution in [0, 0.1) is 0 Å². The van der Waals surface area contributed by atoms with Crippen molar-refractivity contribution in [3.8, 4) is 11.1 Å². The summed E-state index contributed by atoms with van der Waals surface area (Å²) in [6, 6.07) is 16.8. The quantitative estimate of drug-likeness (QED) is 0.811. The normalized spacial score (nSPS) is 16.4. The second-order valence-corrected chi connectivity index (χ2v) is 6.96. The molecule has 0 amide bonds. The van der Waals surface area contributed by atoms with Crippen LogP contribution in [0.3, 0.4) is 0 Å². The number of piperazine rings is 1. The molecule has 0 unspecified atom stereocenters. The van der Waals surface area contributed by atoms with Gasteiger partial charge in [-0.1, -0.05) is 48.0 Å². The first-order chi connectivity index (χ1) is 11.7. The van der Waals surface area contributed by atoms with Gasteiger partial charge in [-0.3, -0.25) is 4.90 Å². The molecule has 24 heavy (non-hydrogen) atoms. The van der Waals surface area contributed by atoms with Crippen LogP contribution in [0.1, 0.15) is 5.56 Å². The fourth-order valence-corrected chi connectivity index (χ4v) is 3.12. The van der Waals surface area contributed by atoms with Crippen LogP contribution in [0.5, 0.6) is 0 Å². The third-order valence-electron chi connectivity index (χ3n) is 4.66. The van der Waals surface area contributed by atoms with E-state index in [1.165, 1.54) is 42.9 Å². The summed E-state index contributed by atoms with van der Waals surface area (Å²) in [4.78, 5) is 4.93. The molecule has 0 spiro atoms. The van der Waals surface area contributed by atoms with Crippen molar-refractivity contribution < 1.29 is 0 Å². The van der Waals surface area contributed by atoms with Gasteiger partial charge in [0.05, 0.1) is 0 Å². The maximum Gasteiger partial charge on any atom is 0.0406 e. The van der Waals surface area contributed by atoms with Gasteiger partial charge >= 0.3 is 0 Å². The molecule has 0 saturated carbocycles. The summed E-state index contributed by atoms with van der Waals surface area (Å²) in [5.74, 6) is 0. The molecule has 1 aliphatic rings. The summed E-state index contributed by atoms with van der Waals surface area (Å²) in [6.07, 6.45) is 0. The highest BCUT2D eigenvalue weighted by Crippen LogP contribution is 2.21. The van der Waals surface area contributed by atoms with Gasteiger partial charge in [0.15, 0.2) is 0 Å². The van der Waals surface area contributed by atoms with Gasteiger partial charge in [0.2, 0.25) is 0 Å². The molecule has 3 nitrogen and oxygen atoms in total. The topological polar surface area (TPSA) is 18.5 Å². The van der Waals surface area contributed by atoms with Gasteiger partial charge in [0.1, 0.15) is 0 Å². The minimum absolute atomic E-state index is 0.778.